The van der Waals surface area contributed by atoms with Crippen LogP contribution in [0.4, 0.5) is 0 Å². The molecule has 0 spiro atoms. The van der Waals surface area contributed by atoms with E-state index in [1.54, 1.807) is 11.3 Å². The summed E-state index contributed by atoms with van der Waals surface area (Å²) in [4.78, 5) is 5.63. The van der Waals surface area contributed by atoms with Crippen LogP contribution in [0.3, 0.4) is 0 Å². The van der Waals surface area contributed by atoms with Crippen LogP contribution in [0.5, 0.6) is 0 Å². The van der Waals surface area contributed by atoms with Gasteiger partial charge in [-0.2, -0.15) is 5.10 Å². The highest BCUT2D eigenvalue weighted by Crippen LogP contribution is 2.23. The molecule has 2 aromatic heterocycles. The molecule has 0 amide bonds. The van der Waals surface area contributed by atoms with Crippen molar-refractivity contribution in [3.05, 3.63) is 39.0 Å². The Balaban J connectivity index is 1.94. The Labute approximate surface area is 129 Å². The second-order valence-corrected chi connectivity index (χ2v) is 7.24. The van der Waals surface area contributed by atoms with Gasteiger partial charge in [0, 0.05) is 15.6 Å². The first-order valence-electron chi connectivity index (χ1n) is 6.23. The van der Waals surface area contributed by atoms with Crippen molar-refractivity contribution >= 4 is 38.9 Å². The third-order valence-electron chi connectivity index (χ3n) is 2.81. The highest BCUT2D eigenvalue weighted by atomic mass is 127. The van der Waals surface area contributed by atoms with Crippen molar-refractivity contribution in [2.45, 2.75) is 20.3 Å². The van der Waals surface area contributed by atoms with Crippen LogP contribution in [-0.4, -0.2) is 14.6 Å². The number of hydrogen-bond donors (Lipinski definition) is 0. The normalized spacial score (nSPS) is 11.6. The Kier molecular flexibility index (Phi) is 3.58. The summed E-state index contributed by atoms with van der Waals surface area (Å²) in [5.74, 6) is 0.631. The van der Waals surface area contributed by atoms with Gasteiger partial charge in [0.05, 0.1) is 11.9 Å². The molecule has 0 N–H and O–H groups in total. The van der Waals surface area contributed by atoms with Crippen LogP contribution in [0.2, 0.25) is 0 Å². The van der Waals surface area contributed by atoms with E-state index in [2.05, 4.69) is 70.8 Å². The third kappa shape index (κ3) is 2.81. The number of fused-ring (bicyclic) bond motifs is 1. The van der Waals surface area contributed by atoms with Gasteiger partial charge in [0.15, 0.2) is 0 Å². The van der Waals surface area contributed by atoms with E-state index in [0.29, 0.717) is 5.92 Å². The molecule has 0 atom stereocenters. The fourth-order valence-electron chi connectivity index (χ4n) is 1.93. The third-order valence-corrected chi connectivity index (χ3v) is 4.47. The van der Waals surface area contributed by atoms with Crippen LogP contribution in [0, 0.1) is 9.49 Å². The van der Waals surface area contributed by atoms with E-state index >= 15 is 0 Å². The molecule has 98 valence electrons. The molecule has 3 rings (SSSR count). The number of nitrogens with zero attached hydrogens (tertiary/aromatic N) is 3. The standard InChI is InChI=1S/C14H14IN3S/c1-9(2)7-13-17-18-8-12(16-14(18)19-13)10-3-5-11(15)6-4-10/h3-6,8-9H,7H2,1-2H3. The molecule has 0 saturated heterocycles. The number of aromatic nitrogens is 3. The van der Waals surface area contributed by atoms with Gasteiger partial charge < -0.3 is 0 Å². The number of imidazole rings is 1. The lowest BCUT2D eigenvalue weighted by Crippen LogP contribution is -1.94. The molecule has 0 bridgehead atoms. The molecular weight excluding hydrogens is 369 g/mol. The van der Waals surface area contributed by atoms with Gasteiger partial charge in [-0.25, -0.2) is 9.50 Å². The fourth-order valence-corrected chi connectivity index (χ4v) is 3.38. The minimum atomic E-state index is 0.631. The molecule has 3 nitrogen and oxygen atoms in total. The van der Waals surface area contributed by atoms with Crippen molar-refractivity contribution in [1.29, 1.82) is 0 Å². The van der Waals surface area contributed by atoms with Gasteiger partial charge in [0.2, 0.25) is 4.96 Å². The van der Waals surface area contributed by atoms with Crippen LogP contribution in [0.25, 0.3) is 16.2 Å². The monoisotopic (exact) mass is 383 g/mol. The summed E-state index contributed by atoms with van der Waals surface area (Å²) in [6, 6.07) is 8.40. The highest BCUT2D eigenvalue weighted by molar-refractivity contribution is 14.1. The van der Waals surface area contributed by atoms with Crippen molar-refractivity contribution in [2.75, 3.05) is 0 Å². The minimum absolute atomic E-state index is 0.631. The van der Waals surface area contributed by atoms with Crippen molar-refractivity contribution in [2.24, 2.45) is 5.92 Å². The first-order chi connectivity index (χ1) is 9.11. The second kappa shape index (κ2) is 5.20. The first kappa shape index (κ1) is 13.1. The molecule has 0 radical (unpaired) electrons. The van der Waals surface area contributed by atoms with Gasteiger partial charge in [-0.15, -0.1) is 0 Å². The zero-order valence-electron chi connectivity index (χ0n) is 10.8. The van der Waals surface area contributed by atoms with E-state index < -0.39 is 0 Å². The van der Waals surface area contributed by atoms with Gasteiger partial charge in [-0.1, -0.05) is 37.3 Å². The first-order valence-corrected chi connectivity index (χ1v) is 8.12. The Hall–Kier alpha value is -0.950. The van der Waals surface area contributed by atoms with E-state index in [1.807, 2.05) is 10.7 Å². The minimum Gasteiger partial charge on any atom is -0.217 e. The van der Waals surface area contributed by atoms with Crippen LogP contribution in [0.15, 0.2) is 30.5 Å². The zero-order valence-corrected chi connectivity index (χ0v) is 13.8. The van der Waals surface area contributed by atoms with Gasteiger partial charge in [0.1, 0.15) is 5.01 Å². The summed E-state index contributed by atoms with van der Waals surface area (Å²) in [5.41, 5.74) is 2.13. The van der Waals surface area contributed by atoms with Crippen LogP contribution in [0.1, 0.15) is 18.9 Å². The maximum atomic E-state index is 4.66. The summed E-state index contributed by atoms with van der Waals surface area (Å²) in [6.07, 6.45) is 3.03. The van der Waals surface area contributed by atoms with E-state index in [-0.39, 0.29) is 0 Å². The number of benzene rings is 1. The summed E-state index contributed by atoms with van der Waals surface area (Å²) in [5, 5.41) is 5.75. The maximum Gasteiger partial charge on any atom is 0.212 e. The van der Waals surface area contributed by atoms with Crippen molar-refractivity contribution in [3.8, 4) is 11.3 Å². The van der Waals surface area contributed by atoms with Gasteiger partial charge >= 0.3 is 0 Å². The van der Waals surface area contributed by atoms with Crippen LogP contribution < -0.4 is 0 Å². The Morgan fingerprint density at radius 1 is 1.26 bits per heavy atom. The van der Waals surface area contributed by atoms with Crippen molar-refractivity contribution in [1.82, 2.24) is 14.6 Å². The molecule has 0 aliphatic rings. The Morgan fingerprint density at radius 3 is 2.63 bits per heavy atom. The molecule has 3 aromatic rings. The lowest BCUT2D eigenvalue weighted by molar-refractivity contribution is 0.637. The summed E-state index contributed by atoms with van der Waals surface area (Å²) < 4.78 is 3.13. The number of rotatable bonds is 3. The largest absolute Gasteiger partial charge is 0.217 e. The molecule has 0 fully saturated rings. The predicted octanol–water partition coefficient (Wildman–Crippen LogP) is 4.26. The molecule has 2 heterocycles. The zero-order chi connectivity index (χ0) is 13.4. The highest BCUT2D eigenvalue weighted by Gasteiger charge is 2.10. The molecule has 0 saturated carbocycles. The topological polar surface area (TPSA) is 30.2 Å². The lowest BCUT2D eigenvalue weighted by atomic mass is 10.1. The van der Waals surface area contributed by atoms with Crippen LogP contribution in [-0.2, 0) is 6.42 Å². The summed E-state index contributed by atoms with van der Waals surface area (Å²) in [7, 11) is 0. The average molecular weight is 383 g/mol. The predicted molar refractivity (Wildman–Crippen MR) is 87.6 cm³/mol. The van der Waals surface area contributed by atoms with Gasteiger partial charge in [-0.05, 0) is 40.6 Å². The summed E-state index contributed by atoms with van der Waals surface area (Å²) in [6.45, 7) is 4.42. The molecule has 1 aromatic carbocycles. The lowest BCUT2D eigenvalue weighted by Gasteiger charge is -1.98. The Morgan fingerprint density at radius 2 is 2.00 bits per heavy atom. The molecular formula is C14H14IN3S. The van der Waals surface area contributed by atoms with Crippen LogP contribution >= 0.6 is 33.9 Å². The SMILES string of the molecule is CC(C)Cc1nn2cc(-c3ccc(I)cc3)nc2s1. The number of hydrogen-bond acceptors (Lipinski definition) is 3. The molecule has 5 heteroatoms. The molecule has 19 heavy (non-hydrogen) atoms. The molecule has 0 aliphatic heterocycles. The van der Waals surface area contributed by atoms with E-state index in [1.165, 1.54) is 3.57 Å². The van der Waals surface area contributed by atoms with Gasteiger partial charge in [-0.3, -0.25) is 0 Å². The second-order valence-electron chi connectivity index (χ2n) is 4.95. The maximum absolute atomic E-state index is 4.66. The van der Waals surface area contributed by atoms with E-state index in [9.17, 15) is 0 Å². The molecule has 0 unspecified atom stereocenters. The van der Waals surface area contributed by atoms with E-state index in [0.717, 1.165) is 27.6 Å². The fraction of sp³-hybridized carbons (Fsp3) is 0.286. The van der Waals surface area contributed by atoms with Gasteiger partial charge in [0.25, 0.3) is 0 Å². The smallest absolute Gasteiger partial charge is 0.212 e. The average Bonchev–Trinajstić information content (AvgIpc) is 2.86. The van der Waals surface area contributed by atoms with Crippen molar-refractivity contribution < 1.29 is 0 Å². The van der Waals surface area contributed by atoms with Crippen molar-refractivity contribution in [3.63, 3.8) is 0 Å². The number of halogens is 1. The quantitative estimate of drug-likeness (QED) is 0.633. The van der Waals surface area contributed by atoms with E-state index in [4.69, 9.17) is 0 Å². The summed E-state index contributed by atoms with van der Waals surface area (Å²) >= 11 is 3.99. The Bertz CT molecular complexity index is 666. The molecule has 0 aliphatic carbocycles.